The van der Waals surface area contributed by atoms with Gasteiger partial charge in [0.05, 0.1) is 11.0 Å². The summed E-state index contributed by atoms with van der Waals surface area (Å²) in [7, 11) is 0. The fourth-order valence-corrected chi connectivity index (χ4v) is 7.47. The third kappa shape index (κ3) is 3.65. The minimum atomic E-state index is 1.11. The number of benzene rings is 6. The first-order valence-electron chi connectivity index (χ1n) is 13.0. The fraction of sp³-hybridized carbons (Fsp3) is 0. The summed E-state index contributed by atoms with van der Waals surface area (Å²) in [6.45, 7) is 0. The largest absolute Gasteiger partial charge is 0.309 e. The highest BCUT2D eigenvalue weighted by Crippen LogP contribution is 2.39. The smallest absolute Gasteiger partial charge is 0.0547 e. The van der Waals surface area contributed by atoms with Gasteiger partial charge in [-0.1, -0.05) is 113 Å². The number of para-hydroxylation sites is 1. The van der Waals surface area contributed by atoms with Crippen molar-refractivity contribution in [1.82, 2.24) is 4.57 Å². The van der Waals surface area contributed by atoms with E-state index in [1.165, 1.54) is 69.9 Å². The van der Waals surface area contributed by atoms with Crippen LogP contribution in [-0.2, 0) is 0 Å². The predicted octanol–water partition coefficient (Wildman–Crippen LogP) is 11.2. The Morgan fingerprint density at radius 3 is 1.97 bits per heavy atom. The molecule has 0 spiro atoms. The molecule has 0 fully saturated rings. The van der Waals surface area contributed by atoms with Gasteiger partial charge in [-0.15, -0.1) is 11.3 Å². The van der Waals surface area contributed by atoms with E-state index >= 15 is 0 Å². The Bertz CT molecular complexity index is 2180. The van der Waals surface area contributed by atoms with Crippen LogP contribution in [0.25, 0.3) is 69.9 Å². The van der Waals surface area contributed by atoms with Gasteiger partial charge in [-0.3, -0.25) is 0 Å². The zero-order valence-corrected chi connectivity index (χ0v) is 23.3. The van der Waals surface area contributed by atoms with Crippen molar-refractivity contribution in [1.29, 1.82) is 0 Å². The number of aromatic nitrogens is 1. The molecule has 0 N–H and O–H groups in total. The van der Waals surface area contributed by atoms with Crippen LogP contribution >= 0.6 is 27.3 Å². The quantitative estimate of drug-likeness (QED) is 0.196. The van der Waals surface area contributed by atoms with Crippen LogP contribution in [0.4, 0.5) is 0 Å². The molecule has 3 heteroatoms. The molecular weight excluding hydrogens is 558 g/mol. The minimum absolute atomic E-state index is 1.11. The number of nitrogens with zero attached hydrogens (tertiary/aromatic N) is 1. The average Bonchev–Trinajstić information content (AvgIpc) is 3.52. The van der Waals surface area contributed by atoms with E-state index in [-0.39, 0.29) is 0 Å². The number of halogens is 1. The topological polar surface area (TPSA) is 4.93 Å². The van der Waals surface area contributed by atoms with Crippen LogP contribution in [0.1, 0.15) is 0 Å². The zero-order chi connectivity index (χ0) is 25.9. The van der Waals surface area contributed by atoms with Crippen LogP contribution in [0.2, 0.25) is 0 Å². The molecule has 0 atom stereocenters. The third-order valence-corrected chi connectivity index (χ3v) is 9.52. The molecule has 0 amide bonds. The molecule has 8 rings (SSSR count). The first-order chi connectivity index (χ1) is 19.2. The second-order valence-corrected chi connectivity index (χ2v) is 11.9. The van der Waals surface area contributed by atoms with Crippen molar-refractivity contribution in [2.45, 2.75) is 0 Å². The molecule has 0 aliphatic carbocycles. The van der Waals surface area contributed by atoms with Gasteiger partial charge in [0.2, 0.25) is 0 Å². The van der Waals surface area contributed by atoms with Gasteiger partial charge >= 0.3 is 0 Å². The molecule has 39 heavy (non-hydrogen) atoms. The lowest BCUT2D eigenvalue weighted by Crippen LogP contribution is -1.93. The first-order valence-corrected chi connectivity index (χ1v) is 14.7. The SMILES string of the molecule is Brc1ccccc1-c1ccc(-c2ccc3c4ccccc4n(-c4ccc5c(c4)sc4ccccc45)c3c2)cc1. The molecule has 1 nitrogen and oxygen atoms in total. The molecule has 0 aliphatic heterocycles. The van der Waals surface area contributed by atoms with Gasteiger partial charge in [-0.05, 0) is 58.7 Å². The lowest BCUT2D eigenvalue weighted by molar-refractivity contribution is 1.19. The summed E-state index contributed by atoms with van der Waals surface area (Å²) in [5, 5.41) is 5.21. The van der Waals surface area contributed by atoms with Gasteiger partial charge in [0.15, 0.2) is 0 Å². The van der Waals surface area contributed by atoms with Crippen molar-refractivity contribution < 1.29 is 0 Å². The summed E-state index contributed by atoms with van der Waals surface area (Å²) < 4.78 is 6.19. The van der Waals surface area contributed by atoms with Crippen LogP contribution in [0.5, 0.6) is 0 Å². The Labute approximate surface area is 238 Å². The maximum Gasteiger partial charge on any atom is 0.0547 e. The second kappa shape index (κ2) is 8.94. The second-order valence-electron chi connectivity index (χ2n) is 9.92. The molecule has 0 saturated carbocycles. The Hall–Kier alpha value is -4.18. The third-order valence-electron chi connectivity index (χ3n) is 7.70. The highest BCUT2D eigenvalue weighted by molar-refractivity contribution is 9.10. The normalized spacial score (nSPS) is 11.7. The van der Waals surface area contributed by atoms with E-state index in [1.807, 2.05) is 11.3 Å². The number of fused-ring (bicyclic) bond motifs is 6. The molecule has 184 valence electrons. The van der Waals surface area contributed by atoms with Crippen molar-refractivity contribution in [2.24, 2.45) is 0 Å². The molecule has 0 aliphatic rings. The maximum atomic E-state index is 3.69. The van der Waals surface area contributed by atoms with Crippen molar-refractivity contribution >= 4 is 69.2 Å². The van der Waals surface area contributed by atoms with Gasteiger partial charge in [-0.25, -0.2) is 0 Å². The molecule has 0 saturated heterocycles. The lowest BCUT2D eigenvalue weighted by Gasteiger charge is -2.10. The van der Waals surface area contributed by atoms with Crippen LogP contribution in [-0.4, -0.2) is 4.57 Å². The number of rotatable bonds is 3. The van der Waals surface area contributed by atoms with E-state index in [9.17, 15) is 0 Å². The summed E-state index contributed by atoms with van der Waals surface area (Å²) in [5.41, 5.74) is 8.49. The van der Waals surface area contributed by atoms with Crippen molar-refractivity contribution in [3.8, 4) is 27.9 Å². The molecule has 0 unspecified atom stereocenters. The van der Waals surface area contributed by atoms with Gasteiger partial charge in [-0.2, -0.15) is 0 Å². The van der Waals surface area contributed by atoms with E-state index < -0.39 is 0 Å². The number of hydrogen-bond acceptors (Lipinski definition) is 1. The van der Waals surface area contributed by atoms with E-state index in [0.717, 1.165) is 4.47 Å². The van der Waals surface area contributed by atoms with Crippen molar-refractivity contribution in [3.05, 3.63) is 138 Å². The Morgan fingerprint density at radius 1 is 0.462 bits per heavy atom. The zero-order valence-electron chi connectivity index (χ0n) is 20.9. The summed E-state index contributed by atoms with van der Waals surface area (Å²) in [6, 6.07) is 48.5. The average molecular weight is 581 g/mol. The van der Waals surface area contributed by atoms with Gasteiger partial charge in [0.25, 0.3) is 0 Å². The van der Waals surface area contributed by atoms with Gasteiger partial charge in [0.1, 0.15) is 0 Å². The number of hydrogen-bond donors (Lipinski definition) is 0. The monoisotopic (exact) mass is 579 g/mol. The molecule has 2 heterocycles. The van der Waals surface area contributed by atoms with E-state index in [2.05, 4.69) is 154 Å². The molecule has 0 radical (unpaired) electrons. The summed E-state index contributed by atoms with van der Waals surface area (Å²) >= 11 is 5.56. The van der Waals surface area contributed by atoms with Gasteiger partial charge < -0.3 is 4.57 Å². The molecule has 0 bridgehead atoms. The van der Waals surface area contributed by atoms with Crippen LogP contribution in [0, 0.1) is 0 Å². The summed E-state index contributed by atoms with van der Waals surface area (Å²) in [5.74, 6) is 0. The highest BCUT2D eigenvalue weighted by atomic mass is 79.9. The van der Waals surface area contributed by atoms with E-state index in [0.29, 0.717) is 0 Å². The highest BCUT2D eigenvalue weighted by Gasteiger charge is 2.15. The Kier molecular flexibility index (Phi) is 5.22. The van der Waals surface area contributed by atoms with Crippen LogP contribution in [0.3, 0.4) is 0 Å². The molecular formula is C36H22BrNS. The predicted molar refractivity (Wildman–Crippen MR) is 172 cm³/mol. The maximum absolute atomic E-state index is 3.69. The Balaban J connectivity index is 1.31. The lowest BCUT2D eigenvalue weighted by atomic mass is 9.99. The van der Waals surface area contributed by atoms with Crippen molar-refractivity contribution in [2.75, 3.05) is 0 Å². The number of thiophene rings is 1. The standard InChI is InChI=1S/C36H22BrNS/c37-32-10-4-1-7-27(32)24-15-13-23(14-16-24)25-17-19-29-28-8-2-5-11-33(28)38(34(29)21-25)26-18-20-31-30-9-3-6-12-35(30)39-36(31)22-26/h1-22H. The molecule has 2 aromatic heterocycles. The molecule has 8 aromatic rings. The fourth-order valence-electron chi connectivity index (χ4n) is 5.82. The van der Waals surface area contributed by atoms with Crippen LogP contribution in [0.15, 0.2) is 138 Å². The van der Waals surface area contributed by atoms with Gasteiger partial charge in [0, 0.05) is 41.1 Å². The summed E-state index contributed by atoms with van der Waals surface area (Å²) in [6.07, 6.45) is 0. The minimum Gasteiger partial charge on any atom is -0.309 e. The van der Waals surface area contributed by atoms with E-state index in [4.69, 9.17) is 0 Å². The summed E-state index contributed by atoms with van der Waals surface area (Å²) in [4.78, 5) is 0. The first kappa shape index (κ1) is 22.8. The van der Waals surface area contributed by atoms with Crippen molar-refractivity contribution in [3.63, 3.8) is 0 Å². The molecule has 6 aromatic carbocycles. The Morgan fingerprint density at radius 2 is 1.10 bits per heavy atom. The van der Waals surface area contributed by atoms with E-state index in [1.54, 1.807) is 0 Å². The van der Waals surface area contributed by atoms with Crippen LogP contribution < -0.4 is 0 Å².